The summed E-state index contributed by atoms with van der Waals surface area (Å²) in [5.74, 6) is -0.267. The van der Waals surface area contributed by atoms with Gasteiger partial charge < -0.3 is 14.8 Å². The minimum Gasteiger partial charge on any atom is -0.478 e. The minimum absolute atomic E-state index is 0.160. The Bertz CT molecular complexity index is 955. The van der Waals surface area contributed by atoms with Crippen molar-refractivity contribution >= 4 is 29.3 Å². The maximum Gasteiger partial charge on any atom is 0.335 e. The van der Waals surface area contributed by atoms with Gasteiger partial charge >= 0.3 is 5.97 Å². The molecule has 0 bridgehead atoms. The first kappa shape index (κ1) is 17.7. The SMILES string of the molecule is CC(=O)Nc1cccc(-c2nnc(SCc3cccc(C(=O)O)c3)o2)c1. The smallest absolute Gasteiger partial charge is 0.335 e. The molecule has 7 nitrogen and oxygen atoms in total. The van der Waals surface area contributed by atoms with E-state index in [2.05, 4.69) is 15.5 Å². The first-order valence-electron chi connectivity index (χ1n) is 7.68. The van der Waals surface area contributed by atoms with Crippen LogP contribution in [0.3, 0.4) is 0 Å². The number of aromatic nitrogens is 2. The summed E-state index contributed by atoms with van der Waals surface area (Å²) < 4.78 is 5.64. The van der Waals surface area contributed by atoms with E-state index in [1.165, 1.54) is 18.7 Å². The van der Waals surface area contributed by atoms with E-state index in [4.69, 9.17) is 9.52 Å². The van der Waals surface area contributed by atoms with Crippen molar-refractivity contribution in [2.45, 2.75) is 17.9 Å². The van der Waals surface area contributed by atoms with Crippen LogP contribution in [-0.4, -0.2) is 27.2 Å². The number of carbonyl (C=O) groups is 2. The molecule has 0 aliphatic heterocycles. The van der Waals surface area contributed by atoms with Crippen molar-refractivity contribution in [3.05, 3.63) is 59.7 Å². The molecule has 0 atom stereocenters. The number of nitrogens with one attached hydrogen (secondary N) is 1. The van der Waals surface area contributed by atoms with Crippen LogP contribution in [0.4, 0.5) is 5.69 Å². The zero-order valence-electron chi connectivity index (χ0n) is 13.8. The third kappa shape index (κ3) is 4.48. The lowest BCUT2D eigenvalue weighted by molar-refractivity contribution is -0.114. The van der Waals surface area contributed by atoms with Crippen LogP contribution in [0.1, 0.15) is 22.8 Å². The number of rotatable bonds is 6. The molecule has 0 fully saturated rings. The second-order valence-electron chi connectivity index (χ2n) is 5.43. The van der Waals surface area contributed by atoms with E-state index in [1.54, 1.807) is 36.4 Å². The van der Waals surface area contributed by atoms with Gasteiger partial charge in [0.05, 0.1) is 5.56 Å². The number of carboxylic acids is 1. The molecule has 0 radical (unpaired) electrons. The summed E-state index contributed by atoms with van der Waals surface area (Å²) in [5, 5.41) is 20.1. The number of nitrogens with zero attached hydrogens (tertiary/aromatic N) is 2. The van der Waals surface area contributed by atoms with E-state index in [0.29, 0.717) is 28.1 Å². The van der Waals surface area contributed by atoms with Crippen molar-refractivity contribution in [1.82, 2.24) is 10.2 Å². The highest BCUT2D eigenvalue weighted by Crippen LogP contribution is 2.27. The molecule has 1 heterocycles. The number of anilines is 1. The molecule has 0 aliphatic rings. The average Bonchev–Trinajstić information content (AvgIpc) is 3.09. The molecular weight excluding hydrogens is 354 g/mol. The summed E-state index contributed by atoms with van der Waals surface area (Å²) in [6.07, 6.45) is 0. The van der Waals surface area contributed by atoms with Crippen LogP contribution in [0.25, 0.3) is 11.5 Å². The van der Waals surface area contributed by atoms with Gasteiger partial charge in [0.15, 0.2) is 0 Å². The van der Waals surface area contributed by atoms with Crippen LogP contribution in [0.2, 0.25) is 0 Å². The summed E-state index contributed by atoms with van der Waals surface area (Å²) in [6.45, 7) is 1.44. The van der Waals surface area contributed by atoms with Gasteiger partial charge in [0, 0.05) is 23.9 Å². The highest BCUT2D eigenvalue weighted by molar-refractivity contribution is 7.98. The average molecular weight is 369 g/mol. The van der Waals surface area contributed by atoms with Gasteiger partial charge in [-0.1, -0.05) is 30.0 Å². The first-order chi connectivity index (χ1) is 12.5. The minimum atomic E-state index is -0.962. The molecule has 8 heteroatoms. The summed E-state index contributed by atoms with van der Waals surface area (Å²) in [4.78, 5) is 22.2. The van der Waals surface area contributed by atoms with Crippen molar-refractivity contribution in [2.24, 2.45) is 0 Å². The second kappa shape index (κ2) is 7.83. The maximum atomic E-state index is 11.1. The molecule has 2 aromatic carbocycles. The fraction of sp³-hybridized carbons (Fsp3) is 0.111. The Hall–Kier alpha value is -3.13. The second-order valence-corrected chi connectivity index (χ2v) is 6.36. The maximum absolute atomic E-state index is 11.1. The van der Waals surface area contributed by atoms with Crippen LogP contribution in [0.15, 0.2) is 58.2 Å². The first-order valence-corrected chi connectivity index (χ1v) is 8.66. The zero-order chi connectivity index (χ0) is 18.5. The van der Waals surface area contributed by atoms with Gasteiger partial charge in [-0.25, -0.2) is 4.79 Å². The zero-order valence-corrected chi connectivity index (χ0v) is 14.6. The number of hydrogen-bond donors (Lipinski definition) is 2. The molecule has 0 spiro atoms. The molecule has 0 saturated heterocycles. The van der Waals surface area contributed by atoms with Crippen molar-refractivity contribution in [3.8, 4) is 11.5 Å². The number of carbonyl (C=O) groups excluding carboxylic acids is 1. The fourth-order valence-electron chi connectivity index (χ4n) is 2.26. The summed E-state index contributed by atoms with van der Waals surface area (Å²) in [5.41, 5.74) is 2.43. The molecule has 2 N–H and O–H groups in total. The van der Waals surface area contributed by atoms with Crippen LogP contribution >= 0.6 is 11.8 Å². The number of benzene rings is 2. The van der Waals surface area contributed by atoms with Crippen LogP contribution < -0.4 is 5.32 Å². The van der Waals surface area contributed by atoms with Gasteiger partial charge in [-0.15, -0.1) is 10.2 Å². The third-order valence-electron chi connectivity index (χ3n) is 3.37. The highest BCUT2D eigenvalue weighted by atomic mass is 32.2. The molecule has 0 aliphatic carbocycles. The monoisotopic (exact) mass is 369 g/mol. The quantitative estimate of drug-likeness (QED) is 0.638. The summed E-state index contributed by atoms with van der Waals surface area (Å²) in [7, 11) is 0. The van der Waals surface area contributed by atoms with E-state index in [0.717, 1.165) is 5.56 Å². The molecule has 0 unspecified atom stereocenters. The molecule has 3 aromatic rings. The topological polar surface area (TPSA) is 105 Å². The van der Waals surface area contributed by atoms with Crippen LogP contribution in [0, 0.1) is 0 Å². The Balaban J connectivity index is 1.69. The lowest BCUT2D eigenvalue weighted by atomic mass is 10.1. The van der Waals surface area contributed by atoms with Gasteiger partial charge in [-0.2, -0.15) is 0 Å². The van der Waals surface area contributed by atoms with Gasteiger partial charge in [0.25, 0.3) is 5.22 Å². The Morgan fingerprint density at radius 1 is 1.15 bits per heavy atom. The lowest BCUT2D eigenvalue weighted by Crippen LogP contribution is -2.05. The van der Waals surface area contributed by atoms with Gasteiger partial charge in [0.1, 0.15) is 0 Å². The molecule has 26 heavy (non-hydrogen) atoms. The highest BCUT2D eigenvalue weighted by Gasteiger charge is 2.11. The van der Waals surface area contributed by atoms with Gasteiger partial charge in [-0.3, -0.25) is 4.79 Å². The van der Waals surface area contributed by atoms with E-state index in [9.17, 15) is 9.59 Å². The molecule has 0 saturated carbocycles. The Kier molecular flexibility index (Phi) is 5.33. The van der Waals surface area contributed by atoms with Crippen molar-refractivity contribution < 1.29 is 19.1 Å². The van der Waals surface area contributed by atoms with Crippen molar-refractivity contribution in [3.63, 3.8) is 0 Å². The molecule has 132 valence electrons. The molecule has 1 amide bonds. The number of carboxylic acid groups (broad SMARTS) is 1. The van der Waals surface area contributed by atoms with Crippen molar-refractivity contribution in [1.29, 1.82) is 0 Å². The van der Waals surface area contributed by atoms with Gasteiger partial charge in [0.2, 0.25) is 11.8 Å². The van der Waals surface area contributed by atoms with E-state index >= 15 is 0 Å². The predicted octanol–water partition coefficient (Wildman–Crippen LogP) is 3.69. The number of thioether (sulfide) groups is 1. The van der Waals surface area contributed by atoms with E-state index < -0.39 is 5.97 Å². The standard InChI is InChI=1S/C18H15N3O4S/c1-11(22)19-15-7-3-5-13(9-15)16-20-21-18(25-16)26-10-12-4-2-6-14(8-12)17(23)24/h2-9H,10H2,1H3,(H,19,22)(H,23,24). The Morgan fingerprint density at radius 3 is 2.73 bits per heavy atom. The van der Waals surface area contributed by atoms with E-state index in [1.807, 2.05) is 12.1 Å². The van der Waals surface area contributed by atoms with Gasteiger partial charge in [-0.05, 0) is 35.9 Å². The van der Waals surface area contributed by atoms with Crippen molar-refractivity contribution in [2.75, 3.05) is 5.32 Å². The molecule has 3 rings (SSSR count). The summed E-state index contributed by atoms with van der Waals surface area (Å²) in [6, 6.07) is 13.8. The number of aromatic carboxylic acids is 1. The van der Waals surface area contributed by atoms with Crippen LogP contribution in [-0.2, 0) is 10.5 Å². The summed E-state index contributed by atoms with van der Waals surface area (Å²) >= 11 is 1.32. The normalized spacial score (nSPS) is 10.5. The lowest BCUT2D eigenvalue weighted by Gasteiger charge is -2.02. The molecule has 1 aromatic heterocycles. The Labute approximate surface area is 153 Å². The van der Waals surface area contributed by atoms with E-state index in [-0.39, 0.29) is 11.5 Å². The number of amides is 1. The Morgan fingerprint density at radius 2 is 1.96 bits per heavy atom. The molecular formula is C18H15N3O4S. The number of hydrogen-bond acceptors (Lipinski definition) is 6. The fourth-order valence-corrected chi connectivity index (χ4v) is 2.96. The predicted molar refractivity (Wildman–Crippen MR) is 97.0 cm³/mol. The third-order valence-corrected chi connectivity index (χ3v) is 4.26. The van der Waals surface area contributed by atoms with Crippen LogP contribution in [0.5, 0.6) is 0 Å². The largest absolute Gasteiger partial charge is 0.478 e.